The van der Waals surface area contributed by atoms with E-state index >= 15 is 0 Å². The van der Waals surface area contributed by atoms with E-state index < -0.39 is 6.10 Å². The maximum absolute atomic E-state index is 10.5. The molecule has 2 aromatic rings. The Morgan fingerprint density at radius 3 is 2.06 bits per heavy atom. The second-order valence-electron chi connectivity index (χ2n) is 8.40. The van der Waals surface area contributed by atoms with E-state index in [-0.39, 0.29) is 23.0 Å². The van der Waals surface area contributed by atoms with Crippen LogP contribution >= 0.6 is 0 Å². The Bertz CT molecular complexity index is 851. The van der Waals surface area contributed by atoms with Crippen molar-refractivity contribution >= 4 is 0 Å². The molecule has 0 radical (unpaired) electrons. The molecule has 5 heteroatoms. The highest BCUT2D eigenvalue weighted by Crippen LogP contribution is 2.42. The van der Waals surface area contributed by atoms with Crippen LogP contribution in [0.25, 0.3) is 0 Å². The van der Waals surface area contributed by atoms with Crippen LogP contribution in [0.2, 0.25) is 0 Å². The maximum atomic E-state index is 10.5. The Hall–Kier alpha value is -2.66. The van der Waals surface area contributed by atoms with Gasteiger partial charge in [-0.2, -0.15) is 0 Å². The smallest absolute Gasteiger partial charge is 0.210 e. The molecule has 5 nitrogen and oxygen atoms in total. The minimum atomic E-state index is -0.754. The van der Waals surface area contributed by atoms with Gasteiger partial charge >= 0.3 is 0 Å². The zero-order valence-electron chi connectivity index (χ0n) is 18.1. The molecule has 168 valence electrons. The summed E-state index contributed by atoms with van der Waals surface area (Å²) in [6.07, 6.45) is 14.9. The first kappa shape index (κ1) is 23.0. The molecule has 0 saturated heterocycles. The van der Waals surface area contributed by atoms with Crippen molar-refractivity contribution in [2.75, 3.05) is 0 Å². The number of aryl methyl sites for hydroxylation is 1. The van der Waals surface area contributed by atoms with Crippen LogP contribution < -0.4 is 4.74 Å². The summed E-state index contributed by atoms with van der Waals surface area (Å²) in [5.41, 5.74) is 1.41. The predicted molar refractivity (Wildman–Crippen MR) is 122 cm³/mol. The SMILES string of the molecule is Oc1cc2cc(c1)Oc1c(O)cc(cc1O)C(O)CCCCCCC=CCCCCC2. The highest BCUT2D eigenvalue weighted by Gasteiger charge is 2.17. The van der Waals surface area contributed by atoms with E-state index in [1.54, 1.807) is 6.07 Å². The fraction of sp³-hybridized carbons (Fsp3) is 0.462. The Labute approximate surface area is 184 Å². The predicted octanol–water partition coefficient (Wildman–Crippen LogP) is 6.64. The fourth-order valence-electron chi connectivity index (χ4n) is 4.01. The second kappa shape index (κ2) is 11.7. The van der Waals surface area contributed by atoms with Gasteiger partial charge < -0.3 is 25.2 Å². The van der Waals surface area contributed by atoms with Crippen LogP contribution in [-0.2, 0) is 6.42 Å². The minimum Gasteiger partial charge on any atom is -0.508 e. The van der Waals surface area contributed by atoms with E-state index in [2.05, 4.69) is 12.2 Å². The Balaban J connectivity index is 1.79. The number of hydrogen-bond acceptors (Lipinski definition) is 5. The van der Waals surface area contributed by atoms with E-state index in [1.165, 1.54) is 18.2 Å². The lowest BCUT2D eigenvalue weighted by molar-refractivity contribution is 0.162. The van der Waals surface area contributed by atoms with Crippen molar-refractivity contribution in [2.45, 2.75) is 76.7 Å². The van der Waals surface area contributed by atoms with Crippen molar-refractivity contribution in [2.24, 2.45) is 0 Å². The molecule has 2 aliphatic heterocycles. The van der Waals surface area contributed by atoms with Crippen LogP contribution in [0, 0.1) is 0 Å². The molecule has 4 N–H and O–H groups in total. The summed E-state index contributed by atoms with van der Waals surface area (Å²) < 4.78 is 5.71. The quantitative estimate of drug-likeness (QED) is 0.354. The fourth-order valence-corrected chi connectivity index (χ4v) is 4.01. The van der Waals surface area contributed by atoms with Crippen molar-refractivity contribution in [3.63, 3.8) is 0 Å². The average molecular weight is 427 g/mol. The average Bonchev–Trinajstić information content (AvgIpc) is 2.72. The van der Waals surface area contributed by atoms with E-state index in [1.807, 2.05) is 6.07 Å². The van der Waals surface area contributed by atoms with Gasteiger partial charge in [0.05, 0.1) is 6.10 Å². The molecular formula is C26H34O5. The van der Waals surface area contributed by atoms with Gasteiger partial charge in [-0.05, 0) is 80.3 Å². The van der Waals surface area contributed by atoms with Gasteiger partial charge in [0.15, 0.2) is 11.5 Å². The monoisotopic (exact) mass is 426 g/mol. The van der Waals surface area contributed by atoms with Crippen molar-refractivity contribution in [3.8, 4) is 28.7 Å². The number of phenols is 3. The van der Waals surface area contributed by atoms with E-state index in [9.17, 15) is 20.4 Å². The van der Waals surface area contributed by atoms with Crippen LogP contribution in [0.5, 0.6) is 28.7 Å². The number of benzene rings is 2. The van der Waals surface area contributed by atoms with Crippen LogP contribution in [0.4, 0.5) is 0 Å². The minimum absolute atomic E-state index is 0.0795. The lowest BCUT2D eigenvalue weighted by atomic mass is 10.0. The van der Waals surface area contributed by atoms with Crippen molar-refractivity contribution < 1.29 is 25.2 Å². The van der Waals surface area contributed by atoms with Crippen LogP contribution in [0.3, 0.4) is 0 Å². The summed E-state index contributed by atoms with van der Waals surface area (Å²) in [4.78, 5) is 0. The number of aliphatic hydroxyl groups excluding tert-OH is 1. The van der Waals surface area contributed by atoms with Gasteiger partial charge in [0, 0.05) is 6.07 Å². The van der Waals surface area contributed by atoms with Gasteiger partial charge in [0.2, 0.25) is 5.75 Å². The third-order valence-electron chi connectivity index (χ3n) is 5.73. The summed E-state index contributed by atoms with van der Waals surface area (Å²) in [5, 5.41) is 41.3. The molecule has 2 heterocycles. The normalized spacial score (nSPS) is 19.2. The van der Waals surface area contributed by atoms with Crippen LogP contribution in [-0.4, -0.2) is 20.4 Å². The van der Waals surface area contributed by atoms with E-state index in [0.29, 0.717) is 17.7 Å². The van der Waals surface area contributed by atoms with E-state index in [0.717, 1.165) is 69.8 Å². The number of aromatic hydroxyl groups is 3. The van der Waals surface area contributed by atoms with Crippen LogP contribution in [0.1, 0.15) is 81.4 Å². The molecule has 1 unspecified atom stereocenters. The molecule has 2 aliphatic rings. The first-order chi connectivity index (χ1) is 15.0. The molecule has 4 rings (SSSR count). The number of aliphatic hydroxyl groups is 1. The van der Waals surface area contributed by atoms with Gasteiger partial charge in [0.1, 0.15) is 11.5 Å². The zero-order chi connectivity index (χ0) is 22.1. The molecule has 4 bridgehead atoms. The Morgan fingerprint density at radius 2 is 1.35 bits per heavy atom. The first-order valence-electron chi connectivity index (χ1n) is 11.4. The third-order valence-corrected chi connectivity index (χ3v) is 5.73. The standard InChI is InChI=1S/C26H34O5/c27-21-14-19-12-10-8-6-4-2-1-3-5-7-9-11-13-23(28)20-16-24(29)26(25(30)17-20)31-22(15-19)18-21/h1-2,14-18,23,27-30H,3-13H2. The topological polar surface area (TPSA) is 90.2 Å². The number of ether oxygens (including phenoxy) is 1. The van der Waals surface area contributed by atoms with Crippen molar-refractivity contribution in [1.29, 1.82) is 0 Å². The highest BCUT2D eigenvalue weighted by atomic mass is 16.5. The molecule has 0 aliphatic carbocycles. The maximum Gasteiger partial charge on any atom is 0.210 e. The molecule has 0 spiro atoms. The Morgan fingerprint density at radius 1 is 0.710 bits per heavy atom. The van der Waals surface area contributed by atoms with Gasteiger partial charge in [-0.1, -0.05) is 37.8 Å². The summed E-state index contributed by atoms with van der Waals surface area (Å²) in [6.45, 7) is 0. The molecule has 0 aromatic heterocycles. The lowest BCUT2D eigenvalue weighted by Crippen LogP contribution is -1.98. The highest BCUT2D eigenvalue weighted by molar-refractivity contribution is 5.55. The lowest BCUT2D eigenvalue weighted by Gasteiger charge is -2.16. The summed E-state index contributed by atoms with van der Waals surface area (Å²) in [5.74, 6) is -0.142. The van der Waals surface area contributed by atoms with E-state index in [4.69, 9.17) is 4.74 Å². The first-order valence-corrected chi connectivity index (χ1v) is 11.4. The molecule has 0 fully saturated rings. The Kier molecular flexibility index (Phi) is 8.65. The third kappa shape index (κ3) is 7.21. The number of hydrogen-bond donors (Lipinski definition) is 4. The summed E-state index contributed by atoms with van der Waals surface area (Å²) >= 11 is 0. The number of fused-ring (bicyclic) bond motifs is 14. The van der Waals surface area contributed by atoms with Crippen molar-refractivity contribution in [3.05, 3.63) is 53.6 Å². The molecule has 2 aromatic carbocycles. The molecular weight excluding hydrogens is 392 g/mol. The molecule has 0 amide bonds. The summed E-state index contributed by atoms with van der Waals surface area (Å²) in [6, 6.07) is 7.84. The number of phenolic OH excluding ortho intramolecular Hbond substituents is 3. The zero-order valence-corrected chi connectivity index (χ0v) is 18.1. The van der Waals surface area contributed by atoms with Gasteiger partial charge in [-0.3, -0.25) is 0 Å². The van der Waals surface area contributed by atoms with Crippen molar-refractivity contribution in [1.82, 2.24) is 0 Å². The number of allylic oxidation sites excluding steroid dienone is 2. The molecule has 31 heavy (non-hydrogen) atoms. The van der Waals surface area contributed by atoms with Gasteiger partial charge in [0.25, 0.3) is 0 Å². The second-order valence-corrected chi connectivity index (χ2v) is 8.40. The van der Waals surface area contributed by atoms with Gasteiger partial charge in [-0.15, -0.1) is 0 Å². The molecule has 1 atom stereocenters. The van der Waals surface area contributed by atoms with Gasteiger partial charge in [-0.25, -0.2) is 0 Å². The summed E-state index contributed by atoms with van der Waals surface area (Å²) in [7, 11) is 0. The molecule has 0 saturated carbocycles. The largest absolute Gasteiger partial charge is 0.508 e. The number of rotatable bonds is 0. The van der Waals surface area contributed by atoms with Crippen LogP contribution in [0.15, 0.2) is 42.5 Å².